The molecule has 0 aromatic heterocycles. The average Bonchev–Trinajstić information content (AvgIpc) is 3.39. The summed E-state index contributed by atoms with van der Waals surface area (Å²) in [5.41, 5.74) is 0.803. The van der Waals surface area contributed by atoms with Gasteiger partial charge in [0.05, 0.1) is 25.7 Å². The first kappa shape index (κ1) is 15.8. The van der Waals surface area contributed by atoms with Crippen LogP contribution in [0.5, 0.6) is 5.75 Å². The maximum absolute atomic E-state index is 12.7. The minimum absolute atomic E-state index is 0.0328. The highest BCUT2D eigenvalue weighted by Gasteiger charge is 2.34. The molecule has 6 nitrogen and oxygen atoms in total. The van der Waals surface area contributed by atoms with Gasteiger partial charge in [-0.2, -0.15) is 0 Å². The minimum Gasteiger partial charge on any atom is -0.491 e. The van der Waals surface area contributed by atoms with Gasteiger partial charge in [-0.05, 0) is 18.9 Å². The predicted molar refractivity (Wildman–Crippen MR) is 83.8 cm³/mol. The average molecular weight is 318 g/mol. The minimum atomic E-state index is -0.439. The number of carbonyl (C=O) groups is 2. The molecule has 1 heterocycles. The number of carbonyl (C=O) groups excluding carboxylic acids is 2. The highest BCUT2D eigenvalue weighted by Crippen LogP contribution is 2.32. The summed E-state index contributed by atoms with van der Waals surface area (Å²) in [6.45, 7) is 0.629. The number of likely N-dealkylation sites (N-methyl/N-ethyl adjacent to an activating group) is 1. The number of aliphatic hydroxyl groups excluding tert-OH is 1. The Balaban J connectivity index is 1.75. The normalized spacial score (nSPS) is 20.3. The number of nitrogens with zero attached hydrogens (tertiary/aromatic N) is 2. The molecule has 1 unspecified atom stereocenters. The van der Waals surface area contributed by atoms with E-state index in [-0.39, 0.29) is 30.9 Å². The Morgan fingerprint density at radius 1 is 1.35 bits per heavy atom. The van der Waals surface area contributed by atoms with Crippen molar-refractivity contribution in [2.75, 3.05) is 33.4 Å². The molecule has 1 aromatic rings. The monoisotopic (exact) mass is 318 g/mol. The molecule has 2 aliphatic rings. The summed E-state index contributed by atoms with van der Waals surface area (Å²) in [6, 6.07) is 7.00. The molecular weight excluding hydrogens is 296 g/mol. The first-order valence-corrected chi connectivity index (χ1v) is 7.99. The second-order valence-corrected chi connectivity index (χ2v) is 6.14. The predicted octanol–water partition coefficient (Wildman–Crippen LogP) is 0.809. The van der Waals surface area contributed by atoms with Crippen LogP contribution < -0.4 is 4.74 Å². The van der Waals surface area contributed by atoms with E-state index < -0.39 is 6.04 Å². The molecule has 0 saturated heterocycles. The van der Waals surface area contributed by atoms with Crippen molar-refractivity contribution in [2.24, 2.45) is 5.92 Å². The van der Waals surface area contributed by atoms with Gasteiger partial charge in [0.15, 0.2) is 0 Å². The van der Waals surface area contributed by atoms with Gasteiger partial charge in [-0.3, -0.25) is 9.59 Å². The standard InChI is InChI=1S/C17H22N2O4/c1-18(17(22)12-6-7-12)10-16(21)19-8-9-23-15-5-3-2-4-13(15)14(19)11-20/h2-5,12,14,20H,6-11H2,1H3. The molecule has 23 heavy (non-hydrogen) atoms. The van der Waals surface area contributed by atoms with E-state index in [9.17, 15) is 14.7 Å². The van der Waals surface area contributed by atoms with Crippen LogP contribution in [0.25, 0.3) is 0 Å². The number of para-hydroxylation sites is 1. The number of fused-ring (bicyclic) bond motifs is 1. The van der Waals surface area contributed by atoms with Crippen LogP contribution in [0, 0.1) is 5.92 Å². The Hall–Kier alpha value is -2.08. The molecule has 1 saturated carbocycles. The third-order valence-electron chi connectivity index (χ3n) is 4.41. The third kappa shape index (κ3) is 3.32. The fraction of sp³-hybridized carbons (Fsp3) is 0.529. The largest absolute Gasteiger partial charge is 0.491 e. The van der Waals surface area contributed by atoms with E-state index in [4.69, 9.17) is 4.74 Å². The van der Waals surface area contributed by atoms with Crippen LogP contribution in [0.4, 0.5) is 0 Å². The van der Waals surface area contributed by atoms with Gasteiger partial charge < -0.3 is 19.6 Å². The van der Waals surface area contributed by atoms with Gasteiger partial charge in [0, 0.05) is 18.5 Å². The van der Waals surface area contributed by atoms with Crippen molar-refractivity contribution in [1.82, 2.24) is 9.80 Å². The van der Waals surface area contributed by atoms with Gasteiger partial charge in [-0.25, -0.2) is 0 Å². The molecule has 1 aliphatic carbocycles. The SMILES string of the molecule is CN(CC(=O)N1CCOc2ccccc2C1CO)C(=O)C1CC1. The molecule has 0 bridgehead atoms. The van der Waals surface area contributed by atoms with E-state index in [2.05, 4.69) is 0 Å². The number of amides is 2. The van der Waals surface area contributed by atoms with Crippen molar-refractivity contribution in [1.29, 1.82) is 0 Å². The highest BCUT2D eigenvalue weighted by atomic mass is 16.5. The maximum Gasteiger partial charge on any atom is 0.242 e. The third-order valence-corrected chi connectivity index (χ3v) is 4.41. The van der Waals surface area contributed by atoms with Crippen molar-refractivity contribution in [3.05, 3.63) is 29.8 Å². The molecule has 0 spiro atoms. The van der Waals surface area contributed by atoms with Crippen molar-refractivity contribution in [3.63, 3.8) is 0 Å². The van der Waals surface area contributed by atoms with Gasteiger partial charge >= 0.3 is 0 Å². The Kier molecular flexibility index (Phi) is 4.52. The van der Waals surface area contributed by atoms with E-state index in [0.29, 0.717) is 18.9 Å². The van der Waals surface area contributed by atoms with Crippen molar-refractivity contribution >= 4 is 11.8 Å². The number of aliphatic hydroxyl groups is 1. The summed E-state index contributed by atoms with van der Waals surface area (Å²) in [4.78, 5) is 27.8. The molecular formula is C17H22N2O4. The van der Waals surface area contributed by atoms with Crippen LogP contribution in [0.15, 0.2) is 24.3 Å². The van der Waals surface area contributed by atoms with Crippen molar-refractivity contribution in [3.8, 4) is 5.75 Å². The summed E-state index contributed by atoms with van der Waals surface area (Å²) < 4.78 is 5.68. The maximum atomic E-state index is 12.7. The van der Waals surface area contributed by atoms with Gasteiger partial charge in [-0.15, -0.1) is 0 Å². The topological polar surface area (TPSA) is 70.1 Å². The quantitative estimate of drug-likeness (QED) is 0.892. The Morgan fingerprint density at radius 3 is 2.78 bits per heavy atom. The number of rotatable bonds is 4. The van der Waals surface area contributed by atoms with Gasteiger partial charge in [0.25, 0.3) is 0 Å². The lowest BCUT2D eigenvalue weighted by molar-refractivity contribution is -0.142. The molecule has 2 amide bonds. The zero-order valence-corrected chi connectivity index (χ0v) is 13.3. The summed E-state index contributed by atoms with van der Waals surface area (Å²) in [7, 11) is 1.66. The van der Waals surface area contributed by atoms with E-state index in [0.717, 1.165) is 18.4 Å². The molecule has 1 aliphatic heterocycles. The molecule has 1 N–H and O–H groups in total. The first-order chi connectivity index (χ1) is 11.1. The molecule has 3 rings (SSSR count). The van der Waals surface area contributed by atoms with E-state index in [1.54, 1.807) is 11.9 Å². The molecule has 124 valence electrons. The van der Waals surface area contributed by atoms with Crippen LogP contribution in [0.3, 0.4) is 0 Å². The Morgan fingerprint density at radius 2 is 2.09 bits per heavy atom. The molecule has 1 atom stereocenters. The number of hydrogen-bond donors (Lipinski definition) is 1. The Bertz CT molecular complexity index is 600. The van der Waals surface area contributed by atoms with Crippen LogP contribution in [0.1, 0.15) is 24.4 Å². The number of benzene rings is 1. The zero-order chi connectivity index (χ0) is 16.4. The van der Waals surface area contributed by atoms with Crippen LogP contribution in [-0.4, -0.2) is 60.1 Å². The smallest absolute Gasteiger partial charge is 0.242 e. The molecule has 0 radical (unpaired) electrons. The second-order valence-electron chi connectivity index (χ2n) is 6.14. The first-order valence-electron chi connectivity index (χ1n) is 7.99. The number of ether oxygens (including phenoxy) is 1. The zero-order valence-electron chi connectivity index (χ0n) is 13.3. The van der Waals surface area contributed by atoms with E-state index in [1.165, 1.54) is 4.90 Å². The van der Waals surface area contributed by atoms with Crippen molar-refractivity contribution in [2.45, 2.75) is 18.9 Å². The van der Waals surface area contributed by atoms with E-state index in [1.807, 2.05) is 24.3 Å². The van der Waals surface area contributed by atoms with Gasteiger partial charge in [0.2, 0.25) is 11.8 Å². The molecule has 1 aromatic carbocycles. The lowest BCUT2D eigenvalue weighted by Crippen LogP contribution is -2.44. The van der Waals surface area contributed by atoms with E-state index >= 15 is 0 Å². The lowest BCUT2D eigenvalue weighted by atomic mass is 10.0. The summed E-state index contributed by atoms with van der Waals surface area (Å²) in [6.07, 6.45) is 1.84. The fourth-order valence-corrected chi connectivity index (χ4v) is 2.97. The van der Waals surface area contributed by atoms with Crippen LogP contribution >= 0.6 is 0 Å². The summed E-state index contributed by atoms with van der Waals surface area (Å²) >= 11 is 0. The summed E-state index contributed by atoms with van der Waals surface area (Å²) in [5, 5.41) is 9.79. The second kappa shape index (κ2) is 6.58. The van der Waals surface area contributed by atoms with Crippen LogP contribution in [0.2, 0.25) is 0 Å². The van der Waals surface area contributed by atoms with Crippen LogP contribution in [-0.2, 0) is 9.59 Å². The molecule has 6 heteroatoms. The van der Waals surface area contributed by atoms with Gasteiger partial charge in [0.1, 0.15) is 12.4 Å². The lowest BCUT2D eigenvalue weighted by Gasteiger charge is -2.30. The van der Waals surface area contributed by atoms with Crippen molar-refractivity contribution < 1.29 is 19.4 Å². The highest BCUT2D eigenvalue weighted by molar-refractivity contribution is 5.87. The molecule has 1 fully saturated rings. The summed E-state index contributed by atoms with van der Waals surface area (Å²) in [5.74, 6) is 0.658. The number of hydrogen-bond acceptors (Lipinski definition) is 4. The van der Waals surface area contributed by atoms with Gasteiger partial charge in [-0.1, -0.05) is 18.2 Å². The fourth-order valence-electron chi connectivity index (χ4n) is 2.97. The Labute approximate surface area is 135 Å².